The Labute approximate surface area is 140 Å². The Kier molecular flexibility index (Phi) is 5.98. The van der Waals surface area contributed by atoms with Gasteiger partial charge in [0.05, 0.1) is 30.2 Å². The van der Waals surface area contributed by atoms with Crippen LogP contribution in [0.4, 0.5) is 0 Å². The SMILES string of the molecule is COCCN1C(=O)C(SCCO)=C(c2ccc(C)cc2C)C1=O. The highest BCUT2D eigenvalue weighted by Gasteiger charge is 2.39. The van der Waals surface area contributed by atoms with Crippen molar-refractivity contribution in [1.29, 1.82) is 0 Å². The average Bonchev–Trinajstić information content (AvgIpc) is 2.74. The third-order valence-corrected chi connectivity index (χ3v) is 4.69. The number of amides is 2. The lowest BCUT2D eigenvalue weighted by Crippen LogP contribution is -2.34. The lowest BCUT2D eigenvalue weighted by molar-refractivity contribution is -0.137. The summed E-state index contributed by atoms with van der Waals surface area (Å²) in [6.45, 7) is 4.40. The summed E-state index contributed by atoms with van der Waals surface area (Å²) in [5.74, 6) is -0.221. The molecule has 0 unspecified atom stereocenters. The molecule has 0 saturated heterocycles. The van der Waals surface area contributed by atoms with Crippen LogP contribution in [0.5, 0.6) is 0 Å². The van der Waals surface area contributed by atoms with Crippen molar-refractivity contribution >= 4 is 29.1 Å². The van der Waals surface area contributed by atoms with Crippen LogP contribution in [0.1, 0.15) is 16.7 Å². The number of methoxy groups -OCH3 is 1. The van der Waals surface area contributed by atoms with Crippen molar-refractivity contribution < 1.29 is 19.4 Å². The number of aliphatic hydroxyl groups excluding tert-OH is 1. The summed E-state index contributed by atoms with van der Waals surface area (Å²) in [6, 6.07) is 5.80. The summed E-state index contributed by atoms with van der Waals surface area (Å²) in [7, 11) is 1.53. The van der Waals surface area contributed by atoms with Crippen molar-refractivity contribution in [2.75, 3.05) is 32.6 Å². The number of imide groups is 1. The number of carbonyl (C=O) groups is 2. The normalized spacial score (nSPS) is 15.0. The molecule has 0 fully saturated rings. The molecule has 0 aromatic heterocycles. The van der Waals surface area contributed by atoms with E-state index in [1.807, 2.05) is 32.0 Å². The largest absolute Gasteiger partial charge is 0.396 e. The van der Waals surface area contributed by atoms with Gasteiger partial charge in [-0.05, 0) is 25.0 Å². The van der Waals surface area contributed by atoms with E-state index in [2.05, 4.69) is 0 Å². The molecule has 2 amide bonds. The Balaban J connectivity index is 2.46. The molecule has 23 heavy (non-hydrogen) atoms. The van der Waals surface area contributed by atoms with Crippen LogP contribution in [0.15, 0.2) is 23.1 Å². The quantitative estimate of drug-likeness (QED) is 0.769. The molecule has 0 saturated carbocycles. The first-order valence-corrected chi connectivity index (χ1v) is 8.40. The number of aliphatic hydroxyl groups is 1. The molecule has 124 valence electrons. The molecular weight excluding hydrogens is 314 g/mol. The fourth-order valence-electron chi connectivity index (χ4n) is 2.55. The first-order valence-electron chi connectivity index (χ1n) is 7.42. The fourth-order valence-corrected chi connectivity index (χ4v) is 3.42. The molecule has 5 nitrogen and oxygen atoms in total. The second-order valence-corrected chi connectivity index (χ2v) is 6.45. The van der Waals surface area contributed by atoms with Crippen LogP contribution in [0.25, 0.3) is 5.57 Å². The van der Waals surface area contributed by atoms with Gasteiger partial charge in [-0.25, -0.2) is 0 Å². The zero-order valence-corrected chi connectivity index (χ0v) is 14.4. The number of ether oxygens (including phenoxy) is 1. The van der Waals surface area contributed by atoms with Crippen LogP contribution in [0.2, 0.25) is 0 Å². The van der Waals surface area contributed by atoms with E-state index in [9.17, 15) is 9.59 Å². The summed E-state index contributed by atoms with van der Waals surface area (Å²) in [5.41, 5.74) is 3.26. The molecule has 0 bridgehead atoms. The van der Waals surface area contributed by atoms with Crippen molar-refractivity contribution in [2.24, 2.45) is 0 Å². The fraction of sp³-hybridized carbons (Fsp3) is 0.412. The van der Waals surface area contributed by atoms with Crippen molar-refractivity contribution in [1.82, 2.24) is 4.90 Å². The minimum Gasteiger partial charge on any atom is -0.396 e. The summed E-state index contributed by atoms with van der Waals surface area (Å²) in [6.07, 6.45) is 0. The second-order valence-electron chi connectivity index (χ2n) is 5.35. The first-order chi connectivity index (χ1) is 11.0. The number of carbonyl (C=O) groups excluding carboxylic acids is 2. The van der Waals surface area contributed by atoms with E-state index in [-0.39, 0.29) is 25.0 Å². The minimum absolute atomic E-state index is 0.0477. The molecule has 1 heterocycles. The van der Waals surface area contributed by atoms with Crippen LogP contribution in [-0.4, -0.2) is 54.4 Å². The predicted molar refractivity (Wildman–Crippen MR) is 91.0 cm³/mol. The van der Waals surface area contributed by atoms with Crippen molar-refractivity contribution in [2.45, 2.75) is 13.8 Å². The van der Waals surface area contributed by atoms with Crippen LogP contribution in [0.3, 0.4) is 0 Å². The van der Waals surface area contributed by atoms with E-state index >= 15 is 0 Å². The third kappa shape index (κ3) is 3.65. The number of hydrogen-bond donors (Lipinski definition) is 1. The number of nitrogens with zero attached hydrogens (tertiary/aromatic N) is 1. The Morgan fingerprint density at radius 1 is 1.22 bits per heavy atom. The first kappa shape index (κ1) is 17.7. The van der Waals surface area contributed by atoms with Crippen molar-refractivity contribution in [3.05, 3.63) is 39.8 Å². The molecular formula is C17H21NO4S. The molecule has 1 aromatic carbocycles. The third-order valence-electron chi connectivity index (χ3n) is 3.63. The van der Waals surface area contributed by atoms with Crippen LogP contribution < -0.4 is 0 Å². The second kappa shape index (κ2) is 7.77. The van der Waals surface area contributed by atoms with E-state index in [4.69, 9.17) is 9.84 Å². The van der Waals surface area contributed by atoms with Gasteiger partial charge in [0.2, 0.25) is 0 Å². The summed E-state index contributed by atoms with van der Waals surface area (Å²) < 4.78 is 4.99. The molecule has 0 radical (unpaired) electrons. The summed E-state index contributed by atoms with van der Waals surface area (Å²) in [4.78, 5) is 27.0. The highest BCUT2D eigenvalue weighted by atomic mass is 32.2. The van der Waals surface area contributed by atoms with Crippen LogP contribution >= 0.6 is 11.8 Å². The van der Waals surface area contributed by atoms with Gasteiger partial charge >= 0.3 is 0 Å². The molecule has 0 spiro atoms. The van der Waals surface area contributed by atoms with Gasteiger partial charge in [-0.1, -0.05) is 23.8 Å². The van der Waals surface area contributed by atoms with Gasteiger partial charge in [-0.15, -0.1) is 11.8 Å². The van der Waals surface area contributed by atoms with Crippen molar-refractivity contribution in [3.8, 4) is 0 Å². The minimum atomic E-state index is -0.305. The van der Waals surface area contributed by atoms with E-state index in [1.54, 1.807) is 0 Å². The zero-order chi connectivity index (χ0) is 17.0. The number of aryl methyl sites for hydroxylation is 2. The summed E-state index contributed by atoms with van der Waals surface area (Å²) in [5, 5.41) is 9.06. The standard InChI is InChI=1S/C17H21NO4S/c1-11-4-5-13(12(2)10-11)14-15(23-9-7-19)17(21)18(16(14)20)6-8-22-3/h4-5,10,19H,6-9H2,1-3H3. The number of benzene rings is 1. The maximum atomic E-state index is 12.7. The van der Waals surface area contributed by atoms with Crippen molar-refractivity contribution in [3.63, 3.8) is 0 Å². The molecule has 1 aliphatic heterocycles. The van der Waals surface area contributed by atoms with Gasteiger partial charge in [0, 0.05) is 12.9 Å². The van der Waals surface area contributed by atoms with E-state index < -0.39 is 0 Å². The smallest absolute Gasteiger partial charge is 0.268 e. The molecule has 1 aromatic rings. The topological polar surface area (TPSA) is 66.8 Å². The van der Waals surface area contributed by atoms with Gasteiger partial charge in [-0.2, -0.15) is 0 Å². The highest BCUT2D eigenvalue weighted by molar-refractivity contribution is 8.04. The lowest BCUT2D eigenvalue weighted by Gasteiger charge is -2.14. The summed E-state index contributed by atoms with van der Waals surface area (Å²) >= 11 is 1.23. The number of rotatable bonds is 7. The molecule has 2 rings (SSSR count). The predicted octanol–water partition coefficient (Wildman–Crippen LogP) is 1.76. The van der Waals surface area contributed by atoms with Crippen LogP contribution in [0, 0.1) is 13.8 Å². The van der Waals surface area contributed by atoms with E-state index in [0.717, 1.165) is 16.7 Å². The molecule has 0 atom stereocenters. The highest BCUT2D eigenvalue weighted by Crippen LogP contribution is 2.37. The Hall–Kier alpha value is -1.63. The molecule has 0 aliphatic carbocycles. The van der Waals surface area contributed by atoms with Gasteiger partial charge < -0.3 is 9.84 Å². The van der Waals surface area contributed by atoms with Gasteiger partial charge in [-0.3, -0.25) is 14.5 Å². The Morgan fingerprint density at radius 3 is 2.57 bits per heavy atom. The van der Waals surface area contributed by atoms with Crippen LogP contribution in [-0.2, 0) is 14.3 Å². The Morgan fingerprint density at radius 2 is 1.96 bits per heavy atom. The molecule has 1 aliphatic rings. The zero-order valence-electron chi connectivity index (χ0n) is 13.6. The maximum absolute atomic E-state index is 12.7. The van der Waals surface area contributed by atoms with Gasteiger partial charge in [0.1, 0.15) is 0 Å². The van der Waals surface area contributed by atoms with Gasteiger partial charge in [0.25, 0.3) is 11.8 Å². The van der Waals surface area contributed by atoms with E-state index in [0.29, 0.717) is 22.8 Å². The Bertz CT molecular complexity index is 654. The monoisotopic (exact) mass is 335 g/mol. The average molecular weight is 335 g/mol. The van der Waals surface area contributed by atoms with Gasteiger partial charge in [0.15, 0.2) is 0 Å². The van der Waals surface area contributed by atoms with E-state index in [1.165, 1.54) is 23.8 Å². The molecule has 1 N–H and O–H groups in total. The number of thioether (sulfide) groups is 1. The molecule has 6 heteroatoms. The lowest BCUT2D eigenvalue weighted by atomic mass is 9.99. The number of hydrogen-bond acceptors (Lipinski definition) is 5. The maximum Gasteiger partial charge on any atom is 0.268 e.